The third-order valence-electron chi connectivity index (χ3n) is 3.65. The van der Waals surface area contributed by atoms with Crippen molar-refractivity contribution in [1.29, 1.82) is 0 Å². The lowest BCUT2D eigenvalue weighted by Gasteiger charge is -2.16. The fraction of sp³-hybridized carbons (Fsp3) is 0.222. The minimum absolute atomic E-state index is 0.0453. The summed E-state index contributed by atoms with van der Waals surface area (Å²) in [6, 6.07) is 16.5. The van der Waals surface area contributed by atoms with Gasteiger partial charge in [0.15, 0.2) is 6.61 Å². The first kappa shape index (κ1) is 15.1. The van der Waals surface area contributed by atoms with Gasteiger partial charge in [-0.25, -0.2) is 0 Å². The standard InChI is InChI=1S/C18H18N2O3/c21-17(13-23-16-5-2-1-3-6-16)19-14-8-10-15(11-9-14)20-12-4-7-18(20)22/h1-3,5-6,8-11H,4,7,12-13H2,(H,19,21). The molecule has 1 aliphatic heterocycles. The average molecular weight is 310 g/mol. The lowest BCUT2D eigenvalue weighted by atomic mass is 10.2. The number of hydrogen-bond acceptors (Lipinski definition) is 3. The highest BCUT2D eigenvalue weighted by Gasteiger charge is 2.21. The molecule has 23 heavy (non-hydrogen) atoms. The Kier molecular flexibility index (Phi) is 4.57. The molecular formula is C18H18N2O3. The van der Waals surface area contributed by atoms with Crippen LogP contribution in [-0.2, 0) is 9.59 Å². The van der Waals surface area contributed by atoms with E-state index in [4.69, 9.17) is 4.74 Å². The van der Waals surface area contributed by atoms with Gasteiger partial charge < -0.3 is 15.0 Å². The second-order valence-electron chi connectivity index (χ2n) is 5.35. The first-order chi connectivity index (χ1) is 11.2. The number of carbonyl (C=O) groups is 2. The summed E-state index contributed by atoms with van der Waals surface area (Å²) in [5, 5.41) is 2.77. The fourth-order valence-corrected chi connectivity index (χ4v) is 2.51. The summed E-state index contributed by atoms with van der Waals surface area (Å²) < 4.78 is 5.39. The Bertz CT molecular complexity index is 683. The third kappa shape index (κ3) is 3.88. The Balaban J connectivity index is 1.53. The van der Waals surface area contributed by atoms with E-state index in [0.29, 0.717) is 17.9 Å². The maximum Gasteiger partial charge on any atom is 0.262 e. The Labute approximate surface area is 134 Å². The predicted octanol–water partition coefficient (Wildman–Crippen LogP) is 2.83. The minimum Gasteiger partial charge on any atom is -0.484 e. The largest absolute Gasteiger partial charge is 0.484 e. The number of ether oxygens (including phenoxy) is 1. The Morgan fingerprint density at radius 2 is 1.83 bits per heavy atom. The minimum atomic E-state index is -0.223. The van der Waals surface area contributed by atoms with Crippen LogP contribution in [0.1, 0.15) is 12.8 Å². The molecule has 2 aromatic rings. The van der Waals surface area contributed by atoms with E-state index in [1.165, 1.54) is 0 Å². The zero-order valence-corrected chi connectivity index (χ0v) is 12.7. The van der Waals surface area contributed by atoms with E-state index in [9.17, 15) is 9.59 Å². The number of rotatable bonds is 5. The van der Waals surface area contributed by atoms with Gasteiger partial charge in [0.2, 0.25) is 5.91 Å². The number of benzene rings is 2. The van der Waals surface area contributed by atoms with E-state index in [-0.39, 0.29) is 18.4 Å². The van der Waals surface area contributed by atoms with Gasteiger partial charge in [0.05, 0.1) is 0 Å². The van der Waals surface area contributed by atoms with Gasteiger partial charge in [0.1, 0.15) is 5.75 Å². The lowest BCUT2D eigenvalue weighted by Crippen LogP contribution is -2.23. The second-order valence-corrected chi connectivity index (χ2v) is 5.35. The predicted molar refractivity (Wildman–Crippen MR) is 88.6 cm³/mol. The molecule has 3 rings (SSSR count). The van der Waals surface area contributed by atoms with E-state index in [0.717, 1.165) is 18.7 Å². The number of nitrogens with zero attached hydrogens (tertiary/aromatic N) is 1. The molecule has 1 aliphatic rings. The van der Waals surface area contributed by atoms with Gasteiger partial charge in [-0.05, 0) is 42.8 Å². The number of hydrogen-bond donors (Lipinski definition) is 1. The second kappa shape index (κ2) is 6.96. The van der Waals surface area contributed by atoms with Crippen molar-refractivity contribution in [2.24, 2.45) is 0 Å². The number of anilines is 2. The lowest BCUT2D eigenvalue weighted by molar-refractivity contribution is -0.118. The molecule has 0 atom stereocenters. The van der Waals surface area contributed by atoms with Gasteiger partial charge in [0.25, 0.3) is 5.91 Å². The van der Waals surface area contributed by atoms with Crippen molar-refractivity contribution in [3.63, 3.8) is 0 Å². The van der Waals surface area contributed by atoms with Crippen LogP contribution in [0.4, 0.5) is 11.4 Å². The van der Waals surface area contributed by atoms with Gasteiger partial charge >= 0.3 is 0 Å². The van der Waals surface area contributed by atoms with Crippen LogP contribution in [0, 0.1) is 0 Å². The molecule has 1 N–H and O–H groups in total. The van der Waals surface area contributed by atoms with Crippen molar-refractivity contribution in [2.75, 3.05) is 23.4 Å². The Morgan fingerprint density at radius 1 is 1.09 bits per heavy atom. The molecule has 0 aromatic heterocycles. The summed E-state index contributed by atoms with van der Waals surface area (Å²) in [6.45, 7) is 0.714. The number of carbonyl (C=O) groups excluding carboxylic acids is 2. The molecule has 5 nitrogen and oxygen atoms in total. The number of amides is 2. The molecule has 1 fully saturated rings. The molecule has 1 saturated heterocycles. The van der Waals surface area contributed by atoms with E-state index in [1.54, 1.807) is 29.2 Å². The van der Waals surface area contributed by atoms with Crippen LogP contribution < -0.4 is 15.0 Å². The molecule has 0 aliphatic carbocycles. The first-order valence-electron chi connectivity index (χ1n) is 7.60. The quantitative estimate of drug-likeness (QED) is 0.924. The van der Waals surface area contributed by atoms with Crippen molar-refractivity contribution in [3.8, 4) is 5.75 Å². The number of nitrogens with one attached hydrogen (secondary N) is 1. The zero-order chi connectivity index (χ0) is 16.1. The van der Waals surface area contributed by atoms with Crippen molar-refractivity contribution in [1.82, 2.24) is 0 Å². The third-order valence-corrected chi connectivity index (χ3v) is 3.65. The van der Waals surface area contributed by atoms with Gasteiger partial charge in [-0.15, -0.1) is 0 Å². The summed E-state index contributed by atoms with van der Waals surface area (Å²) in [5.41, 5.74) is 1.55. The summed E-state index contributed by atoms with van der Waals surface area (Å²) >= 11 is 0. The summed E-state index contributed by atoms with van der Waals surface area (Å²) in [6.07, 6.45) is 1.50. The number of para-hydroxylation sites is 1. The van der Waals surface area contributed by atoms with Crippen LogP contribution in [-0.4, -0.2) is 25.0 Å². The highest BCUT2D eigenvalue weighted by atomic mass is 16.5. The van der Waals surface area contributed by atoms with Crippen LogP contribution >= 0.6 is 0 Å². The first-order valence-corrected chi connectivity index (χ1v) is 7.60. The van der Waals surface area contributed by atoms with Crippen molar-refractivity contribution in [3.05, 3.63) is 54.6 Å². The normalized spacial score (nSPS) is 13.9. The Morgan fingerprint density at radius 3 is 2.48 bits per heavy atom. The maximum atomic E-state index is 11.9. The SMILES string of the molecule is O=C(COc1ccccc1)Nc1ccc(N2CCCC2=O)cc1. The monoisotopic (exact) mass is 310 g/mol. The molecule has 0 unspecified atom stereocenters. The maximum absolute atomic E-state index is 11.9. The fourth-order valence-electron chi connectivity index (χ4n) is 2.51. The zero-order valence-electron chi connectivity index (χ0n) is 12.7. The van der Waals surface area contributed by atoms with Crippen molar-refractivity contribution in [2.45, 2.75) is 12.8 Å². The molecule has 5 heteroatoms. The topological polar surface area (TPSA) is 58.6 Å². The van der Waals surface area contributed by atoms with Crippen LogP contribution in [0.5, 0.6) is 5.75 Å². The highest BCUT2D eigenvalue weighted by molar-refractivity contribution is 5.96. The van der Waals surface area contributed by atoms with Gasteiger partial charge in [-0.2, -0.15) is 0 Å². The van der Waals surface area contributed by atoms with Gasteiger partial charge in [-0.1, -0.05) is 18.2 Å². The molecule has 118 valence electrons. The van der Waals surface area contributed by atoms with Crippen LogP contribution in [0.15, 0.2) is 54.6 Å². The summed E-state index contributed by atoms with van der Waals surface area (Å²) in [7, 11) is 0. The summed E-state index contributed by atoms with van der Waals surface area (Å²) in [4.78, 5) is 25.3. The van der Waals surface area contributed by atoms with Crippen LogP contribution in [0.3, 0.4) is 0 Å². The molecule has 1 heterocycles. The van der Waals surface area contributed by atoms with E-state index >= 15 is 0 Å². The molecule has 0 radical (unpaired) electrons. The van der Waals surface area contributed by atoms with Crippen molar-refractivity contribution < 1.29 is 14.3 Å². The molecule has 0 spiro atoms. The van der Waals surface area contributed by atoms with Crippen LogP contribution in [0.25, 0.3) is 0 Å². The average Bonchev–Trinajstić information content (AvgIpc) is 3.01. The molecule has 2 amide bonds. The molecule has 0 saturated carbocycles. The van der Waals surface area contributed by atoms with Crippen molar-refractivity contribution >= 4 is 23.2 Å². The van der Waals surface area contributed by atoms with Gasteiger partial charge in [0, 0.05) is 24.3 Å². The highest BCUT2D eigenvalue weighted by Crippen LogP contribution is 2.23. The molecule has 2 aromatic carbocycles. The van der Waals surface area contributed by atoms with E-state index in [2.05, 4.69) is 5.32 Å². The van der Waals surface area contributed by atoms with E-state index in [1.807, 2.05) is 30.3 Å². The molecule has 0 bridgehead atoms. The van der Waals surface area contributed by atoms with E-state index < -0.39 is 0 Å². The summed E-state index contributed by atoms with van der Waals surface area (Å²) in [5.74, 6) is 0.586. The smallest absolute Gasteiger partial charge is 0.262 e. The Hall–Kier alpha value is -2.82. The molecular weight excluding hydrogens is 292 g/mol. The van der Waals surface area contributed by atoms with Crippen LogP contribution in [0.2, 0.25) is 0 Å². The van der Waals surface area contributed by atoms with Gasteiger partial charge in [-0.3, -0.25) is 9.59 Å².